The molecule has 0 aliphatic carbocycles. The molecule has 1 N–H and O–H groups in total. The van der Waals surface area contributed by atoms with Crippen LogP contribution in [0.5, 0.6) is 6.08 Å². The van der Waals surface area contributed by atoms with Gasteiger partial charge in [0.05, 0.1) is 5.69 Å². The summed E-state index contributed by atoms with van der Waals surface area (Å²) >= 11 is 0. The summed E-state index contributed by atoms with van der Waals surface area (Å²) in [5, 5.41) is 3.34. The van der Waals surface area contributed by atoms with E-state index >= 15 is 0 Å². The Bertz CT molecular complexity index is 315. The Morgan fingerprint density at radius 2 is 2.19 bits per heavy atom. The Balaban J connectivity index is 2.45. The summed E-state index contributed by atoms with van der Waals surface area (Å²) in [4.78, 5) is 4.25. The molecular formula is C12H22N2O2. The van der Waals surface area contributed by atoms with Gasteiger partial charge in [-0.2, -0.15) is 4.98 Å². The van der Waals surface area contributed by atoms with Crippen molar-refractivity contribution >= 4 is 0 Å². The van der Waals surface area contributed by atoms with Crippen molar-refractivity contribution in [2.75, 3.05) is 0 Å². The SMILES string of the molecule is CCC(C)Oc1nc(CNC(C)(C)C)co1. The van der Waals surface area contributed by atoms with Crippen LogP contribution in [0.25, 0.3) is 0 Å². The van der Waals surface area contributed by atoms with E-state index in [1.807, 2.05) is 6.92 Å². The Hall–Kier alpha value is -1.03. The fourth-order valence-corrected chi connectivity index (χ4v) is 1.03. The molecule has 0 amide bonds. The Labute approximate surface area is 97.4 Å². The molecule has 0 bridgehead atoms. The quantitative estimate of drug-likeness (QED) is 0.838. The third-order valence-electron chi connectivity index (χ3n) is 2.21. The number of hydrogen-bond donors (Lipinski definition) is 1. The molecule has 0 aliphatic heterocycles. The maximum atomic E-state index is 5.47. The molecule has 92 valence electrons. The van der Waals surface area contributed by atoms with Gasteiger partial charge in [-0.05, 0) is 34.1 Å². The van der Waals surface area contributed by atoms with Crippen LogP contribution >= 0.6 is 0 Å². The topological polar surface area (TPSA) is 47.3 Å². The summed E-state index contributed by atoms with van der Waals surface area (Å²) in [7, 11) is 0. The minimum Gasteiger partial charge on any atom is -0.447 e. The Morgan fingerprint density at radius 1 is 1.50 bits per heavy atom. The minimum atomic E-state index is 0.0800. The second kappa shape index (κ2) is 5.34. The van der Waals surface area contributed by atoms with Crippen LogP contribution in [0, 0.1) is 0 Å². The maximum absolute atomic E-state index is 5.47. The van der Waals surface area contributed by atoms with E-state index in [0.717, 1.165) is 12.1 Å². The van der Waals surface area contributed by atoms with E-state index in [0.29, 0.717) is 12.6 Å². The summed E-state index contributed by atoms with van der Waals surface area (Å²) in [5.41, 5.74) is 0.949. The van der Waals surface area contributed by atoms with Crippen LogP contribution in [0.3, 0.4) is 0 Å². The highest BCUT2D eigenvalue weighted by molar-refractivity contribution is 5.00. The lowest BCUT2D eigenvalue weighted by Crippen LogP contribution is -2.35. The van der Waals surface area contributed by atoms with Crippen LogP contribution in [0.4, 0.5) is 0 Å². The molecule has 1 rings (SSSR count). The molecular weight excluding hydrogens is 204 g/mol. The largest absolute Gasteiger partial charge is 0.447 e. The van der Waals surface area contributed by atoms with Gasteiger partial charge in [-0.25, -0.2) is 0 Å². The summed E-state index contributed by atoms with van der Waals surface area (Å²) in [6, 6.07) is 0. The third kappa shape index (κ3) is 4.66. The summed E-state index contributed by atoms with van der Waals surface area (Å²) in [6.07, 6.45) is 3.08. The molecule has 1 atom stereocenters. The zero-order valence-electron chi connectivity index (χ0n) is 10.8. The van der Waals surface area contributed by atoms with Gasteiger partial charge in [0, 0.05) is 12.1 Å². The van der Waals surface area contributed by atoms with Gasteiger partial charge in [0.25, 0.3) is 0 Å². The predicted molar refractivity (Wildman–Crippen MR) is 63.5 cm³/mol. The number of hydrogen-bond acceptors (Lipinski definition) is 4. The van der Waals surface area contributed by atoms with Crippen LogP contribution in [-0.2, 0) is 6.54 Å². The smallest absolute Gasteiger partial charge is 0.393 e. The number of nitrogens with one attached hydrogen (secondary N) is 1. The average Bonchev–Trinajstić information content (AvgIpc) is 2.61. The van der Waals surface area contributed by atoms with Crippen molar-refractivity contribution in [1.82, 2.24) is 10.3 Å². The first kappa shape index (κ1) is 13.0. The summed E-state index contributed by atoms with van der Waals surface area (Å²) in [6.45, 7) is 11.1. The predicted octanol–water partition coefficient (Wildman–Crippen LogP) is 2.74. The lowest BCUT2D eigenvalue weighted by Gasteiger charge is -2.19. The zero-order valence-corrected chi connectivity index (χ0v) is 10.8. The molecule has 0 aliphatic rings. The number of ether oxygens (including phenoxy) is 1. The van der Waals surface area contributed by atoms with Crippen molar-refractivity contribution in [2.24, 2.45) is 0 Å². The molecule has 1 aromatic heterocycles. The number of rotatable bonds is 5. The molecule has 0 fully saturated rings. The first-order valence-electron chi connectivity index (χ1n) is 5.77. The normalized spacial score (nSPS) is 13.8. The van der Waals surface area contributed by atoms with Gasteiger partial charge in [-0.15, -0.1) is 0 Å². The van der Waals surface area contributed by atoms with Crippen molar-refractivity contribution < 1.29 is 9.15 Å². The fraction of sp³-hybridized carbons (Fsp3) is 0.750. The molecule has 0 saturated heterocycles. The Kier molecular flexibility index (Phi) is 4.35. The van der Waals surface area contributed by atoms with Crippen LogP contribution in [0.2, 0.25) is 0 Å². The van der Waals surface area contributed by atoms with Crippen molar-refractivity contribution in [2.45, 2.75) is 59.2 Å². The van der Waals surface area contributed by atoms with Gasteiger partial charge >= 0.3 is 6.08 Å². The zero-order chi connectivity index (χ0) is 12.2. The highest BCUT2D eigenvalue weighted by atomic mass is 16.6. The monoisotopic (exact) mass is 226 g/mol. The molecule has 16 heavy (non-hydrogen) atoms. The van der Waals surface area contributed by atoms with Crippen LogP contribution in [0.15, 0.2) is 10.7 Å². The average molecular weight is 226 g/mol. The molecule has 0 saturated carbocycles. The van der Waals surface area contributed by atoms with E-state index in [4.69, 9.17) is 9.15 Å². The van der Waals surface area contributed by atoms with Gasteiger partial charge < -0.3 is 14.5 Å². The maximum Gasteiger partial charge on any atom is 0.393 e. The van der Waals surface area contributed by atoms with Crippen molar-refractivity contribution in [3.05, 3.63) is 12.0 Å². The second-order valence-electron chi connectivity index (χ2n) is 5.05. The first-order chi connectivity index (χ1) is 7.40. The third-order valence-corrected chi connectivity index (χ3v) is 2.21. The highest BCUT2D eigenvalue weighted by Crippen LogP contribution is 2.13. The van der Waals surface area contributed by atoms with Gasteiger partial charge in [0.1, 0.15) is 12.4 Å². The van der Waals surface area contributed by atoms with Gasteiger partial charge in [0.2, 0.25) is 0 Å². The molecule has 0 aromatic carbocycles. The number of oxazole rings is 1. The van der Waals surface area contributed by atoms with Crippen molar-refractivity contribution in [3.63, 3.8) is 0 Å². The first-order valence-corrected chi connectivity index (χ1v) is 5.77. The van der Waals surface area contributed by atoms with Crippen LogP contribution in [-0.4, -0.2) is 16.6 Å². The fourth-order valence-electron chi connectivity index (χ4n) is 1.03. The lowest BCUT2D eigenvalue weighted by molar-refractivity contribution is 0.158. The van der Waals surface area contributed by atoms with Gasteiger partial charge in [0.15, 0.2) is 0 Å². The summed E-state index contributed by atoms with van der Waals surface area (Å²) in [5.74, 6) is 0. The molecule has 4 nitrogen and oxygen atoms in total. The molecule has 1 aromatic rings. The highest BCUT2D eigenvalue weighted by Gasteiger charge is 2.12. The molecule has 1 heterocycles. The standard InChI is InChI=1S/C12H22N2O2/c1-6-9(2)16-11-14-10(8-15-11)7-13-12(3,4)5/h8-9,13H,6-7H2,1-5H3. The second-order valence-corrected chi connectivity index (χ2v) is 5.05. The molecule has 1 unspecified atom stereocenters. The van der Waals surface area contributed by atoms with Gasteiger partial charge in [-0.3, -0.25) is 0 Å². The van der Waals surface area contributed by atoms with E-state index in [2.05, 4.69) is 38.0 Å². The molecule has 4 heteroatoms. The van der Waals surface area contributed by atoms with E-state index in [1.165, 1.54) is 0 Å². The molecule has 0 spiro atoms. The van der Waals surface area contributed by atoms with Crippen LogP contribution in [0.1, 0.15) is 46.7 Å². The van der Waals surface area contributed by atoms with E-state index < -0.39 is 0 Å². The lowest BCUT2D eigenvalue weighted by atomic mass is 10.1. The molecule has 0 radical (unpaired) electrons. The Morgan fingerprint density at radius 3 is 2.75 bits per heavy atom. The van der Waals surface area contributed by atoms with Gasteiger partial charge in [-0.1, -0.05) is 6.92 Å². The minimum absolute atomic E-state index is 0.0800. The van der Waals surface area contributed by atoms with E-state index in [1.54, 1.807) is 6.26 Å². The van der Waals surface area contributed by atoms with Crippen molar-refractivity contribution in [3.8, 4) is 6.08 Å². The number of nitrogens with zero attached hydrogens (tertiary/aromatic N) is 1. The van der Waals surface area contributed by atoms with Crippen LogP contribution < -0.4 is 10.1 Å². The van der Waals surface area contributed by atoms with Crippen molar-refractivity contribution in [1.29, 1.82) is 0 Å². The number of aromatic nitrogens is 1. The van der Waals surface area contributed by atoms with E-state index in [-0.39, 0.29) is 11.6 Å². The summed E-state index contributed by atoms with van der Waals surface area (Å²) < 4.78 is 10.7. The van der Waals surface area contributed by atoms with E-state index in [9.17, 15) is 0 Å².